The molecule has 0 radical (unpaired) electrons. The lowest BCUT2D eigenvalue weighted by Crippen LogP contribution is -2.43. The summed E-state index contributed by atoms with van der Waals surface area (Å²) < 4.78 is 0. The molecule has 6 nitrogen and oxygen atoms in total. The van der Waals surface area contributed by atoms with Gasteiger partial charge in [-0.2, -0.15) is 0 Å². The minimum Gasteiger partial charge on any atom is -0.480 e. The van der Waals surface area contributed by atoms with Crippen LogP contribution in [-0.4, -0.2) is 47.2 Å². The Bertz CT molecular complexity index is 439. The molecule has 1 amide bonds. The number of carbonyl (C=O) groups excluding carboxylic acids is 1. The zero-order valence-corrected chi connectivity index (χ0v) is 18.6. The number of hydrogen-bond acceptors (Lipinski definition) is 4. The van der Waals surface area contributed by atoms with Crippen LogP contribution < -0.4 is 16.0 Å². The van der Waals surface area contributed by atoms with E-state index in [0.717, 1.165) is 45.2 Å². The van der Waals surface area contributed by atoms with E-state index in [1.165, 1.54) is 0 Å². The summed E-state index contributed by atoms with van der Waals surface area (Å²) >= 11 is 0. The SMILES string of the molecule is C[C@@H](CCCCNC(C)(C)C)C(=O)NC(CCCCNC(C)(C)C)C(=O)O. The van der Waals surface area contributed by atoms with Crippen LogP contribution >= 0.6 is 0 Å². The first-order chi connectivity index (χ1) is 12.3. The van der Waals surface area contributed by atoms with Crippen molar-refractivity contribution in [3.05, 3.63) is 0 Å². The number of hydrogen-bond donors (Lipinski definition) is 4. The topological polar surface area (TPSA) is 90.5 Å². The van der Waals surface area contributed by atoms with Crippen molar-refractivity contribution >= 4 is 11.9 Å². The van der Waals surface area contributed by atoms with Gasteiger partial charge < -0.3 is 21.1 Å². The molecule has 2 atom stereocenters. The Kier molecular flexibility index (Phi) is 11.8. The molecule has 0 saturated carbocycles. The average molecular weight is 386 g/mol. The van der Waals surface area contributed by atoms with E-state index < -0.39 is 12.0 Å². The van der Waals surface area contributed by atoms with Gasteiger partial charge in [0.15, 0.2) is 0 Å². The zero-order valence-electron chi connectivity index (χ0n) is 18.6. The highest BCUT2D eigenvalue weighted by atomic mass is 16.4. The average Bonchev–Trinajstić information content (AvgIpc) is 2.50. The summed E-state index contributed by atoms with van der Waals surface area (Å²) in [7, 11) is 0. The van der Waals surface area contributed by atoms with E-state index in [9.17, 15) is 14.7 Å². The van der Waals surface area contributed by atoms with E-state index in [2.05, 4.69) is 57.5 Å². The molecule has 0 aromatic rings. The summed E-state index contributed by atoms with van der Waals surface area (Å²) in [6, 6.07) is -0.794. The number of carboxylic acid groups (broad SMARTS) is 1. The molecule has 0 saturated heterocycles. The monoisotopic (exact) mass is 385 g/mol. The molecule has 0 spiro atoms. The molecule has 0 aliphatic rings. The molecule has 27 heavy (non-hydrogen) atoms. The lowest BCUT2D eigenvalue weighted by atomic mass is 10.0. The Hall–Kier alpha value is -1.14. The number of aliphatic carboxylic acids is 1. The number of carboxylic acids is 1. The quantitative estimate of drug-likeness (QED) is 0.365. The number of carbonyl (C=O) groups is 2. The Morgan fingerprint density at radius 1 is 0.815 bits per heavy atom. The van der Waals surface area contributed by atoms with Crippen molar-refractivity contribution in [1.29, 1.82) is 0 Å². The fourth-order valence-electron chi connectivity index (χ4n) is 2.68. The maximum Gasteiger partial charge on any atom is 0.326 e. The molecule has 0 rings (SSSR count). The van der Waals surface area contributed by atoms with Crippen LogP contribution in [0.5, 0.6) is 0 Å². The molecular weight excluding hydrogens is 342 g/mol. The van der Waals surface area contributed by atoms with Crippen molar-refractivity contribution in [3.8, 4) is 0 Å². The third-order valence-electron chi connectivity index (χ3n) is 4.36. The van der Waals surface area contributed by atoms with E-state index in [1.54, 1.807) is 0 Å². The maximum atomic E-state index is 12.3. The van der Waals surface area contributed by atoms with Crippen LogP contribution in [0.25, 0.3) is 0 Å². The highest BCUT2D eigenvalue weighted by molar-refractivity contribution is 5.84. The Morgan fingerprint density at radius 2 is 1.26 bits per heavy atom. The lowest BCUT2D eigenvalue weighted by Gasteiger charge is -2.21. The molecular formula is C21H43N3O3. The van der Waals surface area contributed by atoms with E-state index in [-0.39, 0.29) is 22.9 Å². The van der Waals surface area contributed by atoms with Gasteiger partial charge in [0.2, 0.25) is 5.91 Å². The van der Waals surface area contributed by atoms with Gasteiger partial charge in [0.25, 0.3) is 0 Å². The smallest absolute Gasteiger partial charge is 0.326 e. The van der Waals surface area contributed by atoms with E-state index >= 15 is 0 Å². The molecule has 160 valence electrons. The summed E-state index contributed by atoms with van der Waals surface area (Å²) in [5.41, 5.74) is 0.179. The standard InChI is InChI=1S/C21H43N3O3/c1-16(12-8-10-14-22-20(2,3)4)18(25)24-17(19(26)27)13-9-11-15-23-21(5,6)7/h16-17,22-23H,8-15H2,1-7H3,(H,24,25)(H,26,27)/t16-,17?/m0/s1. The molecule has 0 aromatic carbocycles. The second kappa shape index (κ2) is 12.3. The first-order valence-corrected chi connectivity index (χ1v) is 10.3. The Balaban J connectivity index is 4.10. The van der Waals surface area contributed by atoms with Gasteiger partial charge in [0, 0.05) is 17.0 Å². The first-order valence-electron chi connectivity index (χ1n) is 10.3. The zero-order chi connectivity index (χ0) is 21.1. The molecule has 0 aliphatic heterocycles. The van der Waals surface area contributed by atoms with Crippen LogP contribution in [0.1, 0.15) is 87.0 Å². The van der Waals surface area contributed by atoms with E-state index in [4.69, 9.17) is 0 Å². The van der Waals surface area contributed by atoms with Gasteiger partial charge in [-0.05, 0) is 86.7 Å². The van der Waals surface area contributed by atoms with Gasteiger partial charge in [0.05, 0.1) is 0 Å². The first kappa shape index (κ1) is 25.9. The van der Waals surface area contributed by atoms with Gasteiger partial charge >= 0.3 is 5.97 Å². The fraction of sp³-hybridized carbons (Fsp3) is 0.905. The van der Waals surface area contributed by atoms with Crippen LogP contribution in [0, 0.1) is 5.92 Å². The highest BCUT2D eigenvalue weighted by Gasteiger charge is 2.22. The predicted octanol–water partition coefficient (Wildman–Crippen LogP) is 3.31. The van der Waals surface area contributed by atoms with Crippen molar-refractivity contribution in [1.82, 2.24) is 16.0 Å². The molecule has 4 N–H and O–H groups in total. The fourth-order valence-corrected chi connectivity index (χ4v) is 2.68. The maximum absolute atomic E-state index is 12.3. The minimum absolute atomic E-state index is 0.0677. The van der Waals surface area contributed by atoms with Crippen LogP contribution in [0.2, 0.25) is 0 Å². The minimum atomic E-state index is -0.950. The van der Waals surface area contributed by atoms with Gasteiger partial charge in [-0.3, -0.25) is 4.79 Å². The van der Waals surface area contributed by atoms with E-state index in [1.807, 2.05) is 6.92 Å². The Morgan fingerprint density at radius 3 is 1.67 bits per heavy atom. The van der Waals surface area contributed by atoms with Crippen molar-refractivity contribution in [2.45, 2.75) is 104 Å². The second-order valence-corrected chi connectivity index (χ2v) is 9.65. The molecule has 0 aliphatic carbocycles. The lowest BCUT2D eigenvalue weighted by molar-refractivity contribution is -0.142. The van der Waals surface area contributed by atoms with Crippen molar-refractivity contribution in [2.24, 2.45) is 5.92 Å². The summed E-state index contributed by atoms with van der Waals surface area (Å²) in [4.78, 5) is 23.7. The number of unbranched alkanes of at least 4 members (excludes halogenated alkanes) is 2. The molecule has 1 unspecified atom stereocenters. The summed E-state index contributed by atoms with van der Waals surface area (Å²) in [6.07, 6.45) is 4.88. The number of amides is 1. The van der Waals surface area contributed by atoms with Crippen LogP contribution in [-0.2, 0) is 9.59 Å². The van der Waals surface area contributed by atoms with Crippen LogP contribution in [0.15, 0.2) is 0 Å². The molecule has 0 fully saturated rings. The highest BCUT2D eigenvalue weighted by Crippen LogP contribution is 2.10. The summed E-state index contributed by atoms with van der Waals surface area (Å²) in [5.74, 6) is -1.27. The largest absolute Gasteiger partial charge is 0.480 e. The van der Waals surface area contributed by atoms with Crippen LogP contribution in [0.4, 0.5) is 0 Å². The van der Waals surface area contributed by atoms with Gasteiger partial charge in [-0.15, -0.1) is 0 Å². The molecule has 0 heterocycles. The second-order valence-electron chi connectivity index (χ2n) is 9.65. The van der Waals surface area contributed by atoms with Crippen molar-refractivity contribution < 1.29 is 14.7 Å². The summed E-state index contributed by atoms with van der Waals surface area (Å²) in [6.45, 7) is 16.4. The third kappa shape index (κ3) is 15.6. The molecule has 6 heteroatoms. The third-order valence-corrected chi connectivity index (χ3v) is 4.36. The van der Waals surface area contributed by atoms with Gasteiger partial charge in [-0.1, -0.05) is 13.3 Å². The van der Waals surface area contributed by atoms with Crippen LogP contribution in [0.3, 0.4) is 0 Å². The van der Waals surface area contributed by atoms with Crippen molar-refractivity contribution in [2.75, 3.05) is 13.1 Å². The molecule has 0 aromatic heterocycles. The Labute approximate surface area is 166 Å². The predicted molar refractivity (Wildman–Crippen MR) is 112 cm³/mol. The van der Waals surface area contributed by atoms with Crippen molar-refractivity contribution in [3.63, 3.8) is 0 Å². The van der Waals surface area contributed by atoms with E-state index in [0.29, 0.717) is 6.42 Å². The van der Waals surface area contributed by atoms with Gasteiger partial charge in [-0.25, -0.2) is 4.79 Å². The molecule has 0 bridgehead atoms. The number of nitrogens with one attached hydrogen (secondary N) is 3. The normalized spacial score (nSPS) is 14.6. The number of rotatable bonds is 13. The van der Waals surface area contributed by atoms with Gasteiger partial charge in [0.1, 0.15) is 6.04 Å². The summed E-state index contributed by atoms with van der Waals surface area (Å²) in [5, 5.41) is 18.9.